The second kappa shape index (κ2) is 6.50. The second-order valence-electron chi connectivity index (χ2n) is 4.34. The summed E-state index contributed by atoms with van der Waals surface area (Å²) in [6.07, 6.45) is 0. The summed E-state index contributed by atoms with van der Waals surface area (Å²) >= 11 is 3.50. The molecule has 1 aliphatic heterocycles. The Balaban J connectivity index is 2.25. The molecule has 0 saturated carbocycles. The lowest BCUT2D eigenvalue weighted by Crippen LogP contribution is -2.45. The predicted molar refractivity (Wildman–Crippen MR) is 73.9 cm³/mol. The van der Waals surface area contributed by atoms with Crippen LogP contribution in [0.15, 0.2) is 22.7 Å². The van der Waals surface area contributed by atoms with Gasteiger partial charge in [-0.15, -0.1) is 0 Å². The Morgan fingerprint density at radius 1 is 1.44 bits per heavy atom. The zero-order valence-electron chi connectivity index (χ0n) is 10.5. The van der Waals surface area contributed by atoms with Gasteiger partial charge in [-0.1, -0.05) is 15.9 Å². The molecule has 18 heavy (non-hydrogen) atoms. The molecule has 0 aromatic heterocycles. The molecule has 1 fully saturated rings. The van der Waals surface area contributed by atoms with E-state index in [1.165, 1.54) is 0 Å². The van der Waals surface area contributed by atoms with Crippen molar-refractivity contribution in [3.05, 3.63) is 28.2 Å². The molecule has 5 heteroatoms. The maximum atomic E-state index is 13.4. The minimum Gasteiger partial charge on any atom is -0.497 e. The van der Waals surface area contributed by atoms with Crippen molar-refractivity contribution in [2.45, 2.75) is 6.04 Å². The van der Waals surface area contributed by atoms with Crippen molar-refractivity contribution < 1.29 is 9.13 Å². The number of hydrogen-bond acceptors (Lipinski definition) is 3. The smallest absolute Gasteiger partial charge is 0.119 e. The van der Waals surface area contributed by atoms with Crippen molar-refractivity contribution in [3.63, 3.8) is 0 Å². The van der Waals surface area contributed by atoms with E-state index in [1.807, 2.05) is 18.2 Å². The third-order valence-corrected chi connectivity index (χ3v) is 4.02. The van der Waals surface area contributed by atoms with Gasteiger partial charge in [0.25, 0.3) is 0 Å². The first kappa shape index (κ1) is 13.8. The van der Waals surface area contributed by atoms with Gasteiger partial charge in [-0.25, -0.2) is 4.39 Å². The van der Waals surface area contributed by atoms with E-state index < -0.39 is 0 Å². The molecule has 1 saturated heterocycles. The van der Waals surface area contributed by atoms with Crippen molar-refractivity contribution in [2.24, 2.45) is 0 Å². The number of methoxy groups -OCH3 is 1. The van der Waals surface area contributed by atoms with E-state index in [2.05, 4.69) is 26.1 Å². The summed E-state index contributed by atoms with van der Waals surface area (Å²) in [6.45, 7) is 3.19. The Labute approximate surface area is 115 Å². The SMILES string of the molecule is COc1ccc(Br)c([C@H](CF)N2CCNCC2)c1. The van der Waals surface area contributed by atoms with Crippen LogP contribution in [0.1, 0.15) is 11.6 Å². The molecular weight excluding hydrogens is 299 g/mol. The van der Waals surface area contributed by atoms with Crippen molar-refractivity contribution in [3.8, 4) is 5.75 Å². The van der Waals surface area contributed by atoms with E-state index >= 15 is 0 Å². The van der Waals surface area contributed by atoms with Crippen molar-refractivity contribution >= 4 is 15.9 Å². The molecule has 2 rings (SSSR count). The molecule has 1 N–H and O–H groups in total. The molecule has 0 aliphatic carbocycles. The standard InChI is InChI=1S/C13H18BrFN2O/c1-18-10-2-3-12(14)11(8-10)13(9-15)17-6-4-16-5-7-17/h2-3,8,13,16H,4-7,9H2,1H3/t13-/m0/s1. The molecule has 1 aromatic carbocycles. The van der Waals surface area contributed by atoms with Crippen LogP contribution in [0.3, 0.4) is 0 Å². The van der Waals surface area contributed by atoms with Gasteiger partial charge in [0.15, 0.2) is 0 Å². The average Bonchev–Trinajstić information content (AvgIpc) is 2.43. The molecule has 1 atom stereocenters. The summed E-state index contributed by atoms with van der Waals surface area (Å²) in [6, 6.07) is 5.51. The Hall–Kier alpha value is -0.650. The minimum absolute atomic E-state index is 0.198. The number of halogens is 2. The maximum Gasteiger partial charge on any atom is 0.119 e. The molecule has 1 heterocycles. The van der Waals surface area contributed by atoms with Gasteiger partial charge < -0.3 is 10.1 Å². The van der Waals surface area contributed by atoms with Gasteiger partial charge in [0, 0.05) is 30.7 Å². The average molecular weight is 317 g/mol. The van der Waals surface area contributed by atoms with E-state index in [4.69, 9.17) is 4.74 Å². The summed E-state index contributed by atoms with van der Waals surface area (Å²) in [7, 11) is 1.63. The third kappa shape index (κ3) is 3.02. The normalized spacial score (nSPS) is 18.6. The van der Waals surface area contributed by atoms with Crippen molar-refractivity contribution in [2.75, 3.05) is 40.0 Å². The van der Waals surface area contributed by atoms with Gasteiger partial charge in [0.05, 0.1) is 13.2 Å². The quantitative estimate of drug-likeness (QED) is 0.923. The lowest BCUT2D eigenvalue weighted by molar-refractivity contribution is 0.147. The highest BCUT2D eigenvalue weighted by molar-refractivity contribution is 9.10. The Morgan fingerprint density at radius 2 is 2.17 bits per heavy atom. The molecule has 0 unspecified atom stereocenters. The molecule has 1 aromatic rings. The molecule has 0 radical (unpaired) electrons. The lowest BCUT2D eigenvalue weighted by Gasteiger charge is -2.34. The first-order valence-electron chi connectivity index (χ1n) is 6.10. The van der Waals surface area contributed by atoms with Crippen LogP contribution < -0.4 is 10.1 Å². The number of alkyl halides is 1. The molecule has 100 valence electrons. The zero-order valence-corrected chi connectivity index (χ0v) is 12.0. The van der Waals surface area contributed by atoms with Crippen LogP contribution in [0.5, 0.6) is 5.75 Å². The number of benzene rings is 1. The van der Waals surface area contributed by atoms with Crippen LogP contribution in [0.25, 0.3) is 0 Å². The monoisotopic (exact) mass is 316 g/mol. The van der Waals surface area contributed by atoms with Crippen molar-refractivity contribution in [1.29, 1.82) is 0 Å². The molecule has 1 aliphatic rings. The van der Waals surface area contributed by atoms with Gasteiger partial charge in [-0.05, 0) is 23.8 Å². The van der Waals surface area contributed by atoms with Gasteiger partial charge in [0.1, 0.15) is 12.4 Å². The summed E-state index contributed by atoms with van der Waals surface area (Å²) in [5, 5.41) is 3.28. The molecule has 0 spiro atoms. The molecule has 0 bridgehead atoms. The van der Waals surface area contributed by atoms with E-state index in [-0.39, 0.29) is 12.7 Å². The number of rotatable bonds is 4. The fraction of sp³-hybridized carbons (Fsp3) is 0.538. The van der Waals surface area contributed by atoms with Gasteiger partial charge in [0.2, 0.25) is 0 Å². The van der Waals surface area contributed by atoms with E-state index in [9.17, 15) is 4.39 Å². The summed E-state index contributed by atoms with van der Waals surface area (Å²) < 4.78 is 19.6. The van der Waals surface area contributed by atoms with E-state index in [0.717, 1.165) is 42.0 Å². The minimum atomic E-state index is -0.383. The first-order valence-corrected chi connectivity index (χ1v) is 6.89. The molecular formula is C13H18BrFN2O. The zero-order chi connectivity index (χ0) is 13.0. The largest absolute Gasteiger partial charge is 0.497 e. The summed E-state index contributed by atoms with van der Waals surface area (Å²) in [4.78, 5) is 2.18. The third-order valence-electron chi connectivity index (χ3n) is 3.30. The van der Waals surface area contributed by atoms with Crippen LogP contribution in [-0.2, 0) is 0 Å². The maximum absolute atomic E-state index is 13.4. The van der Waals surface area contributed by atoms with Crippen LogP contribution in [-0.4, -0.2) is 44.9 Å². The van der Waals surface area contributed by atoms with Gasteiger partial charge in [-0.2, -0.15) is 0 Å². The number of nitrogens with zero attached hydrogens (tertiary/aromatic N) is 1. The molecule has 3 nitrogen and oxygen atoms in total. The van der Waals surface area contributed by atoms with Crippen LogP contribution >= 0.6 is 15.9 Å². The van der Waals surface area contributed by atoms with Crippen LogP contribution in [0, 0.1) is 0 Å². The number of nitrogens with one attached hydrogen (secondary N) is 1. The predicted octanol–water partition coefficient (Wildman–Crippen LogP) is 2.37. The number of hydrogen-bond donors (Lipinski definition) is 1. The molecule has 0 amide bonds. The second-order valence-corrected chi connectivity index (χ2v) is 5.20. The van der Waals surface area contributed by atoms with E-state index in [1.54, 1.807) is 7.11 Å². The lowest BCUT2D eigenvalue weighted by atomic mass is 10.1. The Morgan fingerprint density at radius 3 is 2.78 bits per heavy atom. The Kier molecular flexibility index (Phi) is 4.97. The van der Waals surface area contributed by atoms with E-state index in [0.29, 0.717) is 0 Å². The van der Waals surface area contributed by atoms with Gasteiger partial charge >= 0.3 is 0 Å². The van der Waals surface area contributed by atoms with Crippen molar-refractivity contribution in [1.82, 2.24) is 10.2 Å². The van der Waals surface area contributed by atoms with Crippen LogP contribution in [0.4, 0.5) is 4.39 Å². The van der Waals surface area contributed by atoms with Crippen LogP contribution in [0.2, 0.25) is 0 Å². The van der Waals surface area contributed by atoms with Gasteiger partial charge in [-0.3, -0.25) is 4.90 Å². The summed E-state index contributed by atoms with van der Waals surface area (Å²) in [5.41, 5.74) is 0.957. The fourth-order valence-corrected chi connectivity index (χ4v) is 2.79. The number of piperazine rings is 1. The highest BCUT2D eigenvalue weighted by atomic mass is 79.9. The highest BCUT2D eigenvalue weighted by Gasteiger charge is 2.24. The fourth-order valence-electron chi connectivity index (χ4n) is 2.28. The Bertz CT molecular complexity index is 397. The highest BCUT2D eigenvalue weighted by Crippen LogP contribution is 2.31. The topological polar surface area (TPSA) is 24.5 Å². The first-order chi connectivity index (χ1) is 8.76. The summed E-state index contributed by atoms with van der Waals surface area (Å²) in [5.74, 6) is 0.766. The number of ether oxygens (including phenoxy) is 1.